The monoisotopic (exact) mass is 307 g/mol. The number of pyridine rings is 1. The van der Waals surface area contributed by atoms with Crippen LogP contribution >= 0.6 is 11.3 Å². The summed E-state index contributed by atoms with van der Waals surface area (Å²) < 4.78 is 3.00. The molecule has 0 saturated heterocycles. The predicted octanol–water partition coefficient (Wildman–Crippen LogP) is 3.56. The first-order valence-corrected chi connectivity index (χ1v) is 7.74. The maximum atomic E-state index is 4.55. The maximum absolute atomic E-state index is 4.55. The molecule has 3 aromatic heterocycles. The lowest BCUT2D eigenvalue weighted by atomic mass is 10.1. The highest BCUT2D eigenvalue weighted by molar-refractivity contribution is 7.18. The Morgan fingerprint density at radius 3 is 2.86 bits per heavy atom. The lowest BCUT2D eigenvalue weighted by Gasteiger charge is -2.03. The molecule has 4 rings (SSSR count). The topological polar surface area (TPSA) is 56.5 Å². The number of thiazole rings is 1. The van der Waals surface area contributed by atoms with Gasteiger partial charge >= 0.3 is 0 Å². The van der Waals surface area contributed by atoms with Crippen LogP contribution < -0.4 is 0 Å². The number of nitrogens with zero attached hydrogens (tertiary/aromatic N) is 5. The molecule has 5 nitrogen and oxygen atoms in total. The molecule has 22 heavy (non-hydrogen) atoms. The van der Waals surface area contributed by atoms with Gasteiger partial charge in [0.25, 0.3) is 0 Å². The zero-order valence-electron chi connectivity index (χ0n) is 12.2. The zero-order valence-corrected chi connectivity index (χ0v) is 13.0. The first-order valence-electron chi connectivity index (χ1n) is 6.92. The number of hydrogen-bond acceptors (Lipinski definition) is 5. The van der Waals surface area contributed by atoms with E-state index >= 15 is 0 Å². The summed E-state index contributed by atoms with van der Waals surface area (Å²) in [4.78, 5) is 8.68. The molecule has 0 aliphatic carbocycles. The second-order valence-corrected chi connectivity index (χ2v) is 6.30. The molecule has 0 aliphatic heterocycles. The molecule has 0 aliphatic rings. The van der Waals surface area contributed by atoms with Crippen LogP contribution in [0.3, 0.4) is 0 Å². The second kappa shape index (κ2) is 4.99. The molecule has 0 saturated carbocycles. The summed E-state index contributed by atoms with van der Waals surface area (Å²) in [6.45, 7) is 4.03. The van der Waals surface area contributed by atoms with Crippen LogP contribution in [0, 0.1) is 13.8 Å². The summed E-state index contributed by atoms with van der Waals surface area (Å²) >= 11 is 1.70. The van der Waals surface area contributed by atoms with Crippen molar-refractivity contribution >= 4 is 21.6 Å². The fourth-order valence-corrected chi connectivity index (χ4v) is 3.32. The van der Waals surface area contributed by atoms with E-state index in [4.69, 9.17) is 0 Å². The van der Waals surface area contributed by atoms with Crippen molar-refractivity contribution in [3.05, 3.63) is 53.4 Å². The lowest BCUT2D eigenvalue weighted by molar-refractivity contribution is 0.782. The molecular weight excluding hydrogens is 294 g/mol. The molecule has 6 heteroatoms. The molecular formula is C16H13N5S. The van der Waals surface area contributed by atoms with Gasteiger partial charge in [0.15, 0.2) is 0 Å². The van der Waals surface area contributed by atoms with Gasteiger partial charge in [0.2, 0.25) is 0 Å². The van der Waals surface area contributed by atoms with Gasteiger partial charge in [0.05, 0.1) is 32.8 Å². The largest absolute Gasteiger partial charge is 0.262 e. The standard InChI is InChI=1S/C16H13N5S/c1-10-16(19-20-21(10)13-4-3-7-17-9-13)12-5-6-15-14(8-12)18-11(2)22-15/h3-9H,1-2H3. The summed E-state index contributed by atoms with van der Waals surface area (Å²) in [5, 5.41) is 9.67. The van der Waals surface area contributed by atoms with E-state index in [9.17, 15) is 0 Å². The average molecular weight is 307 g/mol. The Morgan fingerprint density at radius 2 is 2.05 bits per heavy atom. The van der Waals surface area contributed by atoms with E-state index in [0.29, 0.717) is 0 Å². The molecule has 0 radical (unpaired) electrons. The van der Waals surface area contributed by atoms with Crippen molar-refractivity contribution in [3.63, 3.8) is 0 Å². The highest BCUT2D eigenvalue weighted by Gasteiger charge is 2.13. The highest BCUT2D eigenvalue weighted by Crippen LogP contribution is 2.28. The molecule has 0 bridgehead atoms. The van der Waals surface area contributed by atoms with Crippen LogP contribution in [0.15, 0.2) is 42.7 Å². The van der Waals surface area contributed by atoms with E-state index in [0.717, 1.165) is 33.2 Å². The Balaban J connectivity index is 1.83. The lowest BCUT2D eigenvalue weighted by Crippen LogP contribution is -1.99. The molecule has 108 valence electrons. The fraction of sp³-hybridized carbons (Fsp3) is 0.125. The SMILES string of the molecule is Cc1nc2cc(-c3nnn(-c4cccnc4)c3C)ccc2s1. The van der Waals surface area contributed by atoms with Crippen LogP contribution in [0.1, 0.15) is 10.7 Å². The summed E-state index contributed by atoms with van der Waals surface area (Å²) in [6.07, 6.45) is 3.52. The first kappa shape index (κ1) is 13.1. The minimum Gasteiger partial charge on any atom is -0.262 e. The van der Waals surface area contributed by atoms with Gasteiger partial charge in [-0.25, -0.2) is 9.67 Å². The Kier molecular flexibility index (Phi) is 2.97. The Labute approximate surface area is 131 Å². The van der Waals surface area contributed by atoms with Gasteiger partial charge in [-0.3, -0.25) is 4.98 Å². The molecule has 0 N–H and O–H groups in total. The van der Waals surface area contributed by atoms with Gasteiger partial charge in [-0.15, -0.1) is 16.4 Å². The minimum atomic E-state index is 0.872. The third-order valence-corrected chi connectivity index (χ3v) is 4.50. The van der Waals surface area contributed by atoms with E-state index in [1.165, 1.54) is 4.70 Å². The van der Waals surface area contributed by atoms with E-state index < -0.39 is 0 Å². The third-order valence-electron chi connectivity index (χ3n) is 3.55. The number of benzene rings is 1. The van der Waals surface area contributed by atoms with Gasteiger partial charge in [0.1, 0.15) is 5.69 Å². The van der Waals surface area contributed by atoms with Gasteiger partial charge in [-0.2, -0.15) is 0 Å². The van der Waals surface area contributed by atoms with Crippen molar-refractivity contribution in [2.75, 3.05) is 0 Å². The molecule has 0 atom stereocenters. The normalized spacial score (nSPS) is 11.2. The number of fused-ring (bicyclic) bond motifs is 1. The molecule has 0 amide bonds. The van der Waals surface area contributed by atoms with Crippen molar-refractivity contribution in [1.82, 2.24) is 25.0 Å². The van der Waals surface area contributed by atoms with Crippen LogP contribution in [0.2, 0.25) is 0 Å². The number of aromatic nitrogens is 5. The Bertz CT molecular complexity index is 955. The summed E-state index contributed by atoms with van der Waals surface area (Å²) in [5.74, 6) is 0. The van der Waals surface area contributed by atoms with Gasteiger partial charge in [-0.1, -0.05) is 11.3 Å². The van der Waals surface area contributed by atoms with Crippen molar-refractivity contribution in [2.24, 2.45) is 0 Å². The van der Waals surface area contributed by atoms with E-state index in [1.54, 1.807) is 28.4 Å². The fourth-order valence-electron chi connectivity index (χ4n) is 2.51. The van der Waals surface area contributed by atoms with Gasteiger partial charge in [-0.05, 0) is 38.1 Å². The quantitative estimate of drug-likeness (QED) is 0.568. The number of hydrogen-bond donors (Lipinski definition) is 0. The minimum absolute atomic E-state index is 0.872. The molecule has 0 fully saturated rings. The van der Waals surface area contributed by atoms with Crippen LogP contribution in [-0.2, 0) is 0 Å². The van der Waals surface area contributed by atoms with Crippen molar-refractivity contribution in [1.29, 1.82) is 0 Å². The van der Waals surface area contributed by atoms with Gasteiger partial charge < -0.3 is 0 Å². The highest BCUT2D eigenvalue weighted by atomic mass is 32.1. The molecule has 3 heterocycles. The molecule has 4 aromatic rings. The van der Waals surface area contributed by atoms with Crippen LogP contribution in [0.4, 0.5) is 0 Å². The average Bonchev–Trinajstić information content (AvgIpc) is 3.09. The summed E-state index contributed by atoms with van der Waals surface area (Å²) in [5.41, 5.74) is 4.81. The number of aryl methyl sites for hydroxylation is 1. The van der Waals surface area contributed by atoms with Crippen molar-refractivity contribution in [2.45, 2.75) is 13.8 Å². The maximum Gasteiger partial charge on any atom is 0.116 e. The third kappa shape index (κ3) is 2.08. The summed E-state index contributed by atoms with van der Waals surface area (Å²) in [7, 11) is 0. The van der Waals surface area contributed by atoms with Crippen LogP contribution in [0.5, 0.6) is 0 Å². The number of rotatable bonds is 2. The zero-order chi connectivity index (χ0) is 15.1. The van der Waals surface area contributed by atoms with Crippen LogP contribution in [0.25, 0.3) is 27.2 Å². The van der Waals surface area contributed by atoms with E-state index in [-0.39, 0.29) is 0 Å². The second-order valence-electron chi connectivity index (χ2n) is 5.06. The molecule has 0 unspecified atom stereocenters. The predicted molar refractivity (Wildman–Crippen MR) is 87.2 cm³/mol. The summed E-state index contributed by atoms with van der Waals surface area (Å²) in [6, 6.07) is 10.1. The van der Waals surface area contributed by atoms with Gasteiger partial charge in [0, 0.05) is 11.8 Å². The van der Waals surface area contributed by atoms with Crippen LogP contribution in [-0.4, -0.2) is 25.0 Å². The Morgan fingerprint density at radius 1 is 1.14 bits per heavy atom. The van der Waals surface area contributed by atoms with Crippen molar-refractivity contribution < 1.29 is 0 Å². The first-order chi connectivity index (χ1) is 10.7. The van der Waals surface area contributed by atoms with Crippen molar-refractivity contribution in [3.8, 4) is 16.9 Å². The molecule has 0 spiro atoms. The smallest absolute Gasteiger partial charge is 0.116 e. The molecule has 1 aromatic carbocycles. The van der Waals surface area contributed by atoms with E-state index in [1.807, 2.05) is 26.0 Å². The van der Waals surface area contributed by atoms with E-state index in [2.05, 4.69) is 38.5 Å². The Hall–Kier alpha value is -2.60.